The summed E-state index contributed by atoms with van der Waals surface area (Å²) in [5, 5.41) is 9.30. The highest BCUT2D eigenvalue weighted by atomic mass is 16.6. The first-order valence-corrected chi connectivity index (χ1v) is 12.4. The summed E-state index contributed by atoms with van der Waals surface area (Å²) in [5.41, 5.74) is 4.00. The maximum atomic E-state index is 13.5. The molecule has 1 unspecified atom stereocenters. The van der Waals surface area contributed by atoms with Crippen LogP contribution in [-0.2, 0) is 4.74 Å². The van der Waals surface area contributed by atoms with E-state index in [-0.39, 0.29) is 18.2 Å². The van der Waals surface area contributed by atoms with E-state index in [1.807, 2.05) is 43.9 Å². The normalized spacial score (nSPS) is 25.4. The van der Waals surface area contributed by atoms with Gasteiger partial charge in [-0.2, -0.15) is 5.26 Å². The highest BCUT2D eigenvalue weighted by Crippen LogP contribution is 2.41. The molecule has 4 nitrogen and oxygen atoms in total. The summed E-state index contributed by atoms with van der Waals surface area (Å²) >= 11 is 0. The summed E-state index contributed by atoms with van der Waals surface area (Å²) in [6.45, 7) is 7.95. The van der Waals surface area contributed by atoms with Crippen molar-refractivity contribution in [1.82, 2.24) is 4.90 Å². The fourth-order valence-corrected chi connectivity index (χ4v) is 5.68. The van der Waals surface area contributed by atoms with Crippen LogP contribution in [0.25, 0.3) is 0 Å². The van der Waals surface area contributed by atoms with Crippen LogP contribution in [0.2, 0.25) is 0 Å². The summed E-state index contributed by atoms with van der Waals surface area (Å²) < 4.78 is 5.92. The van der Waals surface area contributed by atoms with Crippen LogP contribution in [0, 0.1) is 17.2 Å². The van der Waals surface area contributed by atoms with Gasteiger partial charge in [-0.15, -0.1) is 0 Å². The molecule has 33 heavy (non-hydrogen) atoms. The smallest absolute Gasteiger partial charge is 0.411 e. The molecule has 0 saturated heterocycles. The fraction of sp³-hybridized carbons (Fsp3) is 0.517. The van der Waals surface area contributed by atoms with Gasteiger partial charge < -0.3 is 4.74 Å². The van der Waals surface area contributed by atoms with Gasteiger partial charge in [0.1, 0.15) is 5.60 Å². The van der Waals surface area contributed by atoms with Crippen molar-refractivity contribution in [3.8, 4) is 6.07 Å². The summed E-state index contributed by atoms with van der Waals surface area (Å²) in [7, 11) is 0. The van der Waals surface area contributed by atoms with E-state index in [1.54, 1.807) is 0 Å². The largest absolute Gasteiger partial charge is 0.444 e. The molecule has 4 rings (SSSR count). The third kappa shape index (κ3) is 5.24. The van der Waals surface area contributed by atoms with E-state index >= 15 is 0 Å². The van der Waals surface area contributed by atoms with E-state index < -0.39 is 5.60 Å². The minimum Gasteiger partial charge on any atom is -0.444 e. The molecule has 0 heterocycles. The molecule has 1 fully saturated rings. The predicted octanol–water partition coefficient (Wildman–Crippen LogP) is 7.04. The molecule has 0 spiro atoms. The van der Waals surface area contributed by atoms with Gasteiger partial charge in [-0.05, 0) is 107 Å². The Balaban J connectivity index is 1.63. The Bertz CT molecular complexity index is 1020. The van der Waals surface area contributed by atoms with E-state index in [4.69, 9.17) is 4.74 Å². The number of rotatable bonds is 4. The van der Waals surface area contributed by atoms with Gasteiger partial charge in [0.25, 0.3) is 0 Å². The van der Waals surface area contributed by atoms with Crippen LogP contribution in [0.3, 0.4) is 0 Å². The molecule has 1 aromatic rings. The van der Waals surface area contributed by atoms with Gasteiger partial charge in [0.05, 0.1) is 17.7 Å². The maximum Gasteiger partial charge on any atom is 0.411 e. The number of ether oxygens (including phenoxy) is 1. The summed E-state index contributed by atoms with van der Waals surface area (Å²) in [5.74, 6) is 0.908. The zero-order valence-corrected chi connectivity index (χ0v) is 20.4. The van der Waals surface area contributed by atoms with E-state index in [0.29, 0.717) is 17.4 Å². The second-order valence-electron chi connectivity index (χ2n) is 10.7. The van der Waals surface area contributed by atoms with Gasteiger partial charge in [-0.1, -0.05) is 36.4 Å². The lowest BCUT2D eigenvalue weighted by molar-refractivity contribution is 0.0107. The molecule has 0 radical (unpaired) electrons. The van der Waals surface area contributed by atoms with E-state index in [9.17, 15) is 10.1 Å². The van der Waals surface area contributed by atoms with Crippen LogP contribution < -0.4 is 0 Å². The van der Waals surface area contributed by atoms with Crippen LogP contribution in [0.1, 0.15) is 83.3 Å². The average molecular weight is 445 g/mol. The van der Waals surface area contributed by atoms with E-state index in [1.165, 1.54) is 23.1 Å². The Morgan fingerprint density at radius 1 is 1.15 bits per heavy atom. The molecule has 1 saturated carbocycles. The number of carbonyl (C=O) groups is 1. The Kier molecular flexibility index (Phi) is 6.79. The summed E-state index contributed by atoms with van der Waals surface area (Å²) in [6, 6.07) is 10.2. The number of allylic oxidation sites excluding steroid dienone is 4. The molecule has 3 aliphatic carbocycles. The Morgan fingerprint density at radius 2 is 1.97 bits per heavy atom. The molecule has 0 N–H and O–H groups in total. The van der Waals surface area contributed by atoms with Crippen molar-refractivity contribution < 1.29 is 9.53 Å². The van der Waals surface area contributed by atoms with Crippen molar-refractivity contribution in [3.05, 3.63) is 70.8 Å². The molecular weight excluding hydrogens is 408 g/mol. The molecule has 1 amide bonds. The van der Waals surface area contributed by atoms with Crippen molar-refractivity contribution >= 4 is 6.09 Å². The lowest BCUT2D eigenvalue weighted by Gasteiger charge is -2.39. The number of benzene rings is 1. The minimum absolute atomic E-state index is 0.0501. The molecule has 4 atom stereocenters. The van der Waals surface area contributed by atoms with Gasteiger partial charge in [0.15, 0.2) is 0 Å². The number of carbonyl (C=O) groups excluding carboxylic acids is 1. The zero-order valence-electron chi connectivity index (χ0n) is 20.4. The van der Waals surface area contributed by atoms with Crippen molar-refractivity contribution in [2.45, 2.75) is 89.8 Å². The van der Waals surface area contributed by atoms with Crippen LogP contribution in [0.4, 0.5) is 4.79 Å². The zero-order chi connectivity index (χ0) is 23.6. The van der Waals surface area contributed by atoms with Gasteiger partial charge in [0, 0.05) is 6.04 Å². The standard InChI is InChI=1S/C29H36N2O2/c1-20(26-14-8-11-22-10-5-6-13-27(22)26)31(28(32)33-29(2,3)4)25-16-15-24(18-25)23-12-7-9-21(17-23)19-30/h6-9,12-14,17,20,22,24-25H,5,10-11,15-16,18H2,1-4H3/t20-,22?,24-,25+/m1/s1. The third-order valence-electron chi connectivity index (χ3n) is 7.23. The molecule has 0 aromatic heterocycles. The second kappa shape index (κ2) is 9.59. The third-order valence-corrected chi connectivity index (χ3v) is 7.23. The molecule has 174 valence electrons. The summed E-state index contributed by atoms with van der Waals surface area (Å²) in [6.07, 6.45) is 15.1. The SMILES string of the molecule is C[C@H](C1=C2C=CCCC2CC=C1)N(C(=O)OC(C)(C)C)[C@H]1CC[C@@H](c2cccc(C#N)c2)C1. The molecule has 1 aromatic carbocycles. The molecular formula is C29H36N2O2. The predicted molar refractivity (Wildman–Crippen MR) is 132 cm³/mol. The van der Waals surface area contributed by atoms with Crippen molar-refractivity contribution in [2.75, 3.05) is 0 Å². The number of hydrogen-bond acceptors (Lipinski definition) is 3. The van der Waals surface area contributed by atoms with Gasteiger partial charge in [0.2, 0.25) is 0 Å². The first kappa shape index (κ1) is 23.4. The number of amides is 1. The number of nitriles is 1. The summed E-state index contributed by atoms with van der Waals surface area (Å²) in [4.78, 5) is 15.5. The van der Waals surface area contributed by atoms with Crippen LogP contribution in [0.15, 0.2) is 59.7 Å². The van der Waals surface area contributed by atoms with Crippen molar-refractivity contribution in [1.29, 1.82) is 5.26 Å². The molecule has 3 aliphatic rings. The Labute approximate surface area is 198 Å². The quantitative estimate of drug-likeness (QED) is 0.500. The van der Waals surface area contributed by atoms with Gasteiger partial charge >= 0.3 is 6.09 Å². The Hall–Kier alpha value is -2.80. The second-order valence-corrected chi connectivity index (χ2v) is 10.7. The number of fused-ring (bicyclic) bond motifs is 1. The lowest BCUT2D eigenvalue weighted by atomic mass is 9.79. The lowest BCUT2D eigenvalue weighted by Crippen LogP contribution is -2.48. The number of nitrogens with zero attached hydrogens (tertiary/aromatic N) is 2. The maximum absolute atomic E-state index is 13.5. The molecule has 0 aliphatic heterocycles. The van der Waals surface area contributed by atoms with Crippen LogP contribution in [0.5, 0.6) is 0 Å². The van der Waals surface area contributed by atoms with Gasteiger partial charge in [-0.3, -0.25) is 4.90 Å². The topological polar surface area (TPSA) is 53.3 Å². The first-order valence-electron chi connectivity index (χ1n) is 12.4. The van der Waals surface area contributed by atoms with Crippen molar-refractivity contribution in [2.24, 2.45) is 5.92 Å². The minimum atomic E-state index is -0.540. The van der Waals surface area contributed by atoms with Crippen molar-refractivity contribution in [3.63, 3.8) is 0 Å². The average Bonchev–Trinajstić information content (AvgIpc) is 3.27. The molecule has 0 bridgehead atoms. The highest BCUT2D eigenvalue weighted by Gasteiger charge is 2.39. The Morgan fingerprint density at radius 3 is 2.73 bits per heavy atom. The number of hydrogen-bond donors (Lipinski definition) is 0. The van der Waals surface area contributed by atoms with Gasteiger partial charge in [-0.25, -0.2) is 4.79 Å². The van der Waals surface area contributed by atoms with Crippen LogP contribution >= 0.6 is 0 Å². The highest BCUT2D eigenvalue weighted by molar-refractivity contribution is 5.70. The molecule has 4 heteroatoms. The van der Waals surface area contributed by atoms with E-state index in [2.05, 4.69) is 43.4 Å². The fourth-order valence-electron chi connectivity index (χ4n) is 5.68. The van der Waals surface area contributed by atoms with Crippen LogP contribution in [-0.4, -0.2) is 28.7 Å². The monoisotopic (exact) mass is 444 g/mol. The first-order chi connectivity index (χ1) is 15.8. The van der Waals surface area contributed by atoms with E-state index in [0.717, 1.165) is 32.1 Å².